The lowest BCUT2D eigenvalue weighted by atomic mass is 10.1. The fourth-order valence-corrected chi connectivity index (χ4v) is 3.95. The van der Waals surface area contributed by atoms with Gasteiger partial charge in [-0.3, -0.25) is 4.79 Å². The first-order valence-corrected chi connectivity index (χ1v) is 8.93. The van der Waals surface area contributed by atoms with E-state index < -0.39 is 15.9 Å². The van der Waals surface area contributed by atoms with E-state index in [0.717, 1.165) is 0 Å². The molecule has 1 aliphatic carbocycles. The molecule has 1 aromatic carbocycles. The van der Waals surface area contributed by atoms with Gasteiger partial charge in [0.15, 0.2) is 9.84 Å². The number of carbonyl (C=O) groups is 1. The van der Waals surface area contributed by atoms with Crippen molar-refractivity contribution in [2.75, 3.05) is 12.4 Å². The van der Waals surface area contributed by atoms with Gasteiger partial charge in [-0.05, 0) is 25.0 Å². The van der Waals surface area contributed by atoms with Crippen molar-refractivity contribution in [1.82, 2.24) is 5.32 Å². The van der Waals surface area contributed by atoms with E-state index in [-0.39, 0.29) is 41.5 Å². The van der Waals surface area contributed by atoms with Gasteiger partial charge in [0.05, 0.1) is 16.8 Å². The van der Waals surface area contributed by atoms with Crippen molar-refractivity contribution in [2.45, 2.75) is 36.3 Å². The largest absolute Gasteiger partial charge is 0.396 e. The summed E-state index contributed by atoms with van der Waals surface area (Å²) in [5, 5.41) is 21.5. The van der Waals surface area contributed by atoms with Crippen molar-refractivity contribution in [1.29, 1.82) is 0 Å². The van der Waals surface area contributed by atoms with Crippen LogP contribution < -0.4 is 5.32 Å². The average Bonchev–Trinajstić information content (AvgIpc) is 2.86. The van der Waals surface area contributed by atoms with Gasteiger partial charge in [-0.2, -0.15) is 0 Å². The van der Waals surface area contributed by atoms with Crippen LogP contribution in [0.4, 0.5) is 0 Å². The maximum atomic E-state index is 12.1. The summed E-state index contributed by atoms with van der Waals surface area (Å²) in [5.41, 5.74) is 0. The molecule has 3 N–H and O–H groups in total. The molecule has 1 aliphatic rings. The van der Waals surface area contributed by atoms with Crippen LogP contribution in [0.15, 0.2) is 35.2 Å². The predicted molar refractivity (Wildman–Crippen MR) is 80.9 cm³/mol. The molecule has 0 saturated heterocycles. The molecule has 0 aromatic heterocycles. The van der Waals surface area contributed by atoms with E-state index in [4.69, 9.17) is 5.11 Å². The Balaban J connectivity index is 1.84. The fourth-order valence-electron chi connectivity index (χ4n) is 2.69. The zero-order valence-electron chi connectivity index (χ0n) is 12.2. The number of nitrogens with one attached hydrogen (secondary N) is 1. The van der Waals surface area contributed by atoms with E-state index in [1.54, 1.807) is 18.2 Å². The minimum atomic E-state index is -3.47. The first-order chi connectivity index (χ1) is 10.4. The standard InChI is InChI=1S/C15H21NO5S/c17-10-11-8-12(9-14(11)18)16-15(19)6-7-22(20,21)13-4-2-1-3-5-13/h1-5,11-12,14,17-18H,6-10H2,(H,16,19)/t11-,12-,14-/m1/s1. The molecule has 2 rings (SSSR count). The lowest BCUT2D eigenvalue weighted by Crippen LogP contribution is -2.34. The lowest BCUT2D eigenvalue weighted by Gasteiger charge is -2.12. The van der Waals surface area contributed by atoms with E-state index in [1.165, 1.54) is 12.1 Å². The Bertz CT molecular complexity index is 602. The minimum Gasteiger partial charge on any atom is -0.396 e. The summed E-state index contributed by atoms with van der Waals surface area (Å²) < 4.78 is 24.1. The molecule has 0 spiro atoms. The average molecular weight is 327 g/mol. The lowest BCUT2D eigenvalue weighted by molar-refractivity contribution is -0.121. The summed E-state index contributed by atoms with van der Waals surface area (Å²) in [6.07, 6.45) is 0.161. The number of hydrogen-bond donors (Lipinski definition) is 3. The molecule has 0 radical (unpaired) electrons. The second kappa shape index (κ2) is 7.21. The molecule has 3 atom stereocenters. The topological polar surface area (TPSA) is 104 Å². The van der Waals surface area contributed by atoms with Crippen LogP contribution in [-0.2, 0) is 14.6 Å². The summed E-state index contributed by atoms with van der Waals surface area (Å²) in [4.78, 5) is 12.1. The first kappa shape index (κ1) is 16.9. The zero-order chi connectivity index (χ0) is 16.2. The third-order valence-corrected chi connectivity index (χ3v) is 5.69. The van der Waals surface area contributed by atoms with Gasteiger partial charge >= 0.3 is 0 Å². The van der Waals surface area contributed by atoms with Crippen LogP contribution in [-0.4, -0.2) is 49.0 Å². The van der Waals surface area contributed by atoms with E-state index >= 15 is 0 Å². The number of hydrogen-bond acceptors (Lipinski definition) is 5. The van der Waals surface area contributed by atoms with E-state index in [1.807, 2.05) is 0 Å². The number of aliphatic hydroxyl groups excluding tert-OH is 2. The van der Waals surface area contributed by atoms with Gasteiger partial charge in [0.25, 0.3) is 0 Å². The molecule has 0 heterocycles. The first-order valence-electron chi connectivity index (χ1n) is 7.28. The number of aliphatic hydroxyl groups is 2. The van der Waals surface area contributed by atoms with Crippen molar-refractivity contribution in [3.63, 3.8) is 0 Å². The Labute approximate surface area is 130 Å². The van der Waals surface area contributed by atoms with Crippen LogP contribution in [0.1, 0.15) is 19.3 Å². The molecule has 6 nitrogen and oxygen atoms in total. The van der Waals surface area contributed by atoms with Crippen molar-refractivity contribution in [2.24, 2.45) is 5.92 Å². The molecular formula is C15H21NO5S. The minimum absolute atomic E-state index is 0.115. The molecule has 1 aromatic rings. The molecule has 122 valence electrons. The van der Waals surface area contributed by atoms with E-state index in [0.29, 0.717) is 12.8 Å². The van der Waals surface area contributed by atoms with Crippen molar-refractivity contribution in [3.05, 3.63) is 30.3 Å². The Kier molecular flexibility index (Phi) is 5.55. The summed E-state index contributed by atoms with van der Waals surface area (Å²) in [6.45, 7) is -0.115. The third-order valence-electron chi connectivity index (χ3n) is 3.96. The highest BCUT2D eigenvalue weighted by Gasteiger charge is 2.33. The Morgan fingerprint density at radius 2 is 1.91 bits per heavy atom. The van der Waals surface area contributed by atoms with Crippen molar-refractivity contribution in [3.8, 4) is 0 Å². The summed E-state index contributed by atoms with van der Waals surface area (Å²) in [5.74, 6) is -0.824. The summed E-state index contributed by atoms with van der Waals surface area (Å²) >= 11 is 0. The van der Waals surface area contributed by atoms with Crippen molar-refractivity contribution < 1.29 is 23.4 Å². The molecule has 1 saturated carbocycles. The quantitative estimate of drug-likeness (QED) is 0.687. The SMILES string of the molecule is O=C(CCS(=O)(=O)c1ccccc1)N[C@@H]1C[C@H](CO)[C@H](O)C1. The van der Waals surface area contributed by atoms with Gasteiger partial charge in [0.2, 0.25) is 5.91 Å². The Morgan fingerprint density at radius 3 is 2.50 bits per heavy atom. The zero-order valence-corrected chi connectivity index (χ0v) is 13.0. The van der Waals surface area contributed by atoms with Gasteiger partial charge in [-0.15, -0.1) is 0 Å². The van der Waals surface area contributed by atoms with Gasteiger partial charge in [0.1, 0.15) is 0 Å². The van der Waals surface area contributed by atoms with Crippen LogP contribution in [0, 0.1) is 5.92 Å². The van der Waals surface area contributed by atoms with Crippen molar-refractivity contribution >= 4 is 15.7 Å². The third kappa shape index (κ3) is 4.28. The molecule has 22 heavy (non-hydrogen) atoms. The van der Waals surface area contributed by atoms with Crippen LogP contribution in [0.2, 0.25) is 0 Å². The molecular weight excluding hydrogens is 306 g/mol. The second-order valence-electron chi connectivity index (χ2n) is 5.63. The maximum Gasteiger partial charge on any atom is 0.221 e. The number of carbonyl (C=O) groups excluding carboxylic acids is 1. The summed E-state index contributed by atoms with van der Waals surface area (Å²) in [7, 11) is -3.47. The molecule has 0 aliphatic heterocycles. The summed E-state index contributed by atoms with van der Waals surface area (Å²) in [6, 6.07) is 7.82. The monoisotopic (exact) mass is 327 g/mol. The van der Waals surface area contributed by atoms with Gasteiger partial charge in [0, 0.05) is 25.0 Å². The molecule has 0 unspecified atom stereocenters. The number of rotatable bonds is 6. The van der Waals surface area contributed by atoms with Crippen LogP contribution >= 0.6 is 0 Å². The van der Waals surface area contributed by atoms with Crippen LogP contribution in [0.3, 0.4) is 0 Å². The smallest absolute Gasteiger partial charge is 0.221 e. The number of benzene rings is 1. The highest BCUT2D eigenvalue weighted by Crippen LogP contribution is 2.25. The maximum absolute atomic E-state index is 12.1. The van der Waals surface area contributed by atoms with E-state index in [9.17, 15) is 18.3 Å². The Morgan fingerprint density at radius 1 is 1.23 bits per heavy atom. The normalized spacial score (nSPS) is 25.1. The Hall–Kier alpha value is -1.44. The van der Waals surface area contributed by atoms with Crippen LogP contribution in [0.5, 0.6) is 0 Å². The predicted octanol–water partition coefficient (Wildman–Crippen LogP) is 0.0984. The highest BCUT2D eigenvalue weighted by molar-refractivity contribution is 7.91. The van der Waals surface area contributed by atoms with Gasteiger partial charge in [-0.25, -0.2) is 8.42 Å². The van der Waals surface area contributed by atoms with E-state index in [2.05, 4.69) is 5.32 Å². The molecule has 1 fully saturated rings. The van der Waals surface area contributed by atoms with Gasteiger partial charge in [-0.1, -0.05) is 18.2 Å². The molecule has 1 amide bonds. The number of sulfone groups is 1. The highest BCUT2D eigenvalue weighted by atomic mass is 32.2. The fraction of sp³-hybridized carbons (Fsp3) is 0.533. The number of amides is 1. The van der Waals surface area contributed by atoms with Gasteiger partial charge < -0.3 is 15.5 Å². The molecule has 7 heteroatoms. The second-order valence-corrected chi connectivity index (χ2v) is 7.74. The van der Waals surface area contributed by atoms with Crippen LogP contribution in [0.25, 0.3) is 0 Å². The molecule has 0 bridgehead atoms.